The Hall–Kier alpha value is -2.47. The molecule has 3 rings (SSSR count). The summed E-state index contributed by atoms with van der Waals surface area (Å²) in [6.45, 7) is 8.73. The molecule has 0 saturated heterocycles. The van der Waals surface area contributed by atoms with Crippen LogP contribution in [0.4, 0.5) is 0 Å². The van der Waals surface area contributed by atoms with Gasteiger partial charge in [-0.25, -0.2) is 0 Å². The molecule has 1 aromatic carbocycles. The van der Waals surface area contributed by atoms with Gasteiger partial charge in [0.05, 0.1) is 12.7 Å². The molecule has 1 unspecified atom stereocenters. The lowest BCUT2D eigenvalue weighted by molar-refractivity contribution is -0.148. The number of ketones is 1. The highest BCUT2D eigenvalue weighted by Crippen LogP contribution is 2.46. The van der Waals surface area contributed by atoms with Crippen LogP contribution in [0.5, 0.6) is 5.75 Å². The molecule has 162 valence electrons. The lowest BCUT2D eigenvalue weighted by Gasteiger charge is -2.35. The molecule has 0 fully saturated rings. The molecule has 0 aromatic heterocycles. The van der Waals surface area contributed by atoms with E-state index in [1.165, 1.54) is 0 Å². The Labute approximate surface area is 178 Å². The average molecular weight is 414 g/mol. The molecule has 6 heteroatoms. The van der Waals surface area contributed by atoms with Gasteiger partial charge in [0.2, 0.25) is 0 Å². The summed E-state index contributed by atoms with van der Waals surface area (Å²) in [4.78, 5) is 30.8. The van der Waals surface area contributed by atoms with Gasteiger partial charge in [-0.3, -0.25) is 14.6 Å². The average Bonchev–Trinajstić information content (AvgIpc) is 2.70. The lowest BCUT2D eigenvalue weighted by Crippen LogP contribution is -2.37. The van der Waals surface area contributed by atoms with Crippen molar-refractivity contribution >= 4 is 17.5 Å². The monoisotopic (exact) mass is 413 g/mol. The molecule has 2 atom stereocenters. The van der Waals surface area contributed by atoms with Gasteiger partial charge < -0.3 is 14.2 Å². The predicted molar refractivity (Wildman–Crippen MR) is 115 cm³/mol. The van der Waals surface area contributed by atoms with Crippen LogP contribution in [-0.4, -0.2) is 43.4 Å². The maximum absolute atomic E-state index is 13.1. The second-order valence-corrected chi connectivity index (χ2v) is 7.91. The summed E-state index contributed by atoms with van der Waals surface area (Å²) in [5.41, 5.74) is 2.94. The number of para-hydroxylation sites is 1. The Morgan fingerprint density at radius 1 is 1.20 bits per heavy atom. The predicted octanol–water partition coefficient (Wildman–Crippen LogP) is 4.23. The molecule has 1 aromatic rings. The first kappa shape index (κ1) is 22.2. The second kappa shape index (κ2) is 10.0. The van der Waals surface area contributed by atoms with Crippen molar-refractivity contribution in [3.05, 3.63) is 41.1 Å². The topological polar surface area (TPSA) is 74.2 Å². The molecule has 1 heterocycles. The fourth-order valence-corrected chi connectivity index (χ4v) is 4.18. The van der Waals surface area contributed by atoms with E-state index in [1.807, 2.05) is 52.0 Å². The number of aliphatic imine (C=N–C) groups is 1. The minimum atomic E-state index is -0.663. The van der Waals surface area contributed by atoms with Gasteiger partial charge in [0.25, 0.3) is 0 Å². The fraction of sp³-hybridized carbons (Fsp3) is 0.542. The van der Waals surface area contributed by atoms with Gasteiger partial charge in [0.1, 0.15) is 18.3 Å². The lowest BCUT2D eigenvalue weighted by atomic mass is 9.71. The molecule has 0 amide bonds. The van der Waals surface area contributed by atoms with Gasteiger partial charge in [-0.15, -0.1) is 0 Å². The highest BCUT2D eigenvalue weighted by molar-refractivity contribution is 6.09. The molecule has 6 nitrogen and oxygen atoms in total. The summed E-state index contributed by atoms with van der Waals surface area (Å²) in [6, 6.07) is 7.64. The Kier molecular flexibility index (Phi) is 7.43. The Morgan fingerprint density at radius 2 is 1.97 bits per heavy atom. The van der Waals surface area contributed by atoms with Crippen LogP contribution in [0.25, 0.3) is 0 Å². The summed E-state index contributed by atoms with van der Waals surface area (Å²) in [6.07, 6.45) is 1.98. The number of esters is 1. The van der Waals surface area contributed by atoms with Crippen molar-refractivity contribution in [3.63, 3.8) is 0 Å². The van der Waals surface area contributed by atoms with Crippen molar-refractivity contribution in [1.29, 1.82) is 0 Å². The molecule has 2 aliphatic rings. The quantitative estimate of drug-likeness (QED) is 0.471. The smallest absolute Gasteiger partial charge is 0.315 e. The first-order chi connectivity index (χ1) is 14.4. The largest absolute Gasteiger partial charge is 0.491 e. The fourth-order valence-electron chi connectivity index (χ4n) is 4.18. The summed E-state index contributed by atoms with van der Waals surface area (Å²) >= 11 is 0. The molecule has 0 bridgehead atoms. The summed E-state index contributed by atoms with van der Waals surface area (Å²) < 4.78 is 16.9. The van der Waals surface area contributed by atoms with E-state index in [4.69, 9.17) is 14.2 Å². The molecular weight excluding hydrogens is 382 g/mol. The van der Waals surface area contributed by atoms with Crippen molar-refractivity contribution in [1.82, 2.24) is 0 Å². The first-order valence-corrected chi connectivity index (χ1v) is 10.7. The number of benzene rings is 1. The standard InChI is InChI=1S/C24H31NO5/c1-5-28-13-14-29-24(27)21-16(4)25-18-10-8-11-19(26)23(18)22(21)17-9-6-7-12-20(17)30-15(2)3/h6-7,9,12,15,21-22H,5,8,10-11,13-14H2,1-4H3/t21?,22-/m0/s1. The molecule has 0 radical (unpaired) electrons. The van der Waals surface area contributed by atoms with E-state index in [0.717, 1.165) is 24.1 Å². The molecular formula is C24H31NO5. The van der Waals surface area contributed by atoms with Gasteiger partial charge in [-0.05, 0) is 46.6 Å². The molecule has 1 aliphatic heterocycles. The van der Waals surface area contributed by atoms with Crippen LogP contribution in [0.2, 0.25) is 0 Å². The minimum Gasteiger partial charge on any atom is -0.491 e. The normalized spacial score (nSPS) is 21.4. The third-order valence-electron chi connectivity index (χ3n) is 5.38. The molecule has 0 spiro atoms. The van der Waals surface area contributed by atoms with E-state index < -0.39 is 11.8 Å². The summed E-state index contributed by atoms with van der Waals surface area (Å²) in [7, 11) is 0. The third-order valence-corrected chi connectivity index (χ3v) is 5.38. The van der Waals surface area contributed by atoms with Gasteiger partial charge >= 0.3 is 5.97 Å². The summed E-state index contributed by atoms with van der Waals surface area (Å²) in [5, 5.41) is 0. The second-order valence-electron chi connectivity index (χ2n) is 7.91. The molecule has 1 aliphatic carbocycles. The summed E-state index contributed by atoms with van der Waals surface area (Å²) in [5.74, 6) is -0.761. The maximum Gasteiger partial charge on any atom is 0.315 e. The van der Waals surface area contributed by atoms with Crippen LogP contribution in [0.15, 0.2) is 40.5 Å². The third kappa shape index (κ3) is 4.81. The van der Waals surface area contributed by atoms with Crippen LogP contribution >= 0.6 is 0 Å². The van der Waals surface area contributed by atoms with E-state index in [2.05, 4.69) is 4.99 Å². The molecule has 30 heavy (non-hydrogen) atoms. The van der Waals surface area contributed by atoms with Crippen LogP contribution in [0.1, 0.15) is 58.4 Å². The SMILES string of the molecule is CCOCCOC(=O)C1C(C)=NC2=C(C(=O)CCC2)[C@H]1c1ccccc1OC(C)C. The van der Waals surface area contributed by atoms with E-state index in [-0.39, 0.29) is 24.5 Å². The molecule has 0 saturated carbocycles. The van der Waals surface area contributed by atoms with Gasteiger partial charge in [-0.2, -0.15) is 0 Å². The van der Waals surface area contributed by atoms with Crippen molar-refractivity contribution in [2.24, 2.45) is 10.9 Å². The number of ether oxygens (including phenoxy) is 3. The van der Waals surface area contributed by atoms with Crippen LogP contribution in [0, 0.1) is 5.92 Å². The number of hydrogen-bond donors (Lipinski definition) is 0. The number of carbonyl (C=O) groups is 2. The van der Waals surface area contributed by atoms with Crippen LogP contribution in [0.3, 0.4) is 0 Å². The van der Waals surface area contributed by atoms with Crippen molar-refractivity contribution in [3.8, 4) is 5.75 Å². The van der Waals surface area contributed by atoms with Crippen LogP contribution < -0.4 is 4.74 Å². The zero-order chi connectivity index (χ0) is 21.7. The van der Waals surface area contributed by atoms with Gasteiger partial charge in [-0.1, -0.05) is 18.2 Å². The number of allylic oxidation sites excluding steroid dienone is 2. The van der Waals surface area contributed by atoms with E-state index >= 15 is 0 Å². The van der Waals surface area contributed by atoms with Crippen molar-refractivity contribution in [2.45, 2.75) is 59.0 Å². The van der Waals surface area contributed by atoms with Gasteiger partial charge in [0.15, 0.2) is 5.78 Å². The van der Waals surface area contributed by atoms with Crippen molar-refractivity contribution in [2.75, 3.05) is 19.8 Å². The van der Waals surface area contributed by atoms with Crippen LogP contribution in [-0.2, 0) is 19.1 Å². The zero-order valence-electron chi connectivity index (χ0n) is 18.3. The molecule has 0 N–H and O–H groups in total. The van der Waals surface area contributed by atoms with Gasteiger partial charge in [0, 0.05) is 41.5 Å². The van der Waals surface area contributed by atoms with E-state index in [9.17, 15) is 9.59 Å². The van der Waals surface area contributed by atoms with Crippen molar-refractivity contribution < 1.29 is 23.8 Å². The maximum atomic E-state index is 13.1. The Morgan fingerprint density at radius 3 is 2.70 bits per heavy atom. The Bertz CT molecular complexity index is 855. The number of carbonyl (C=O) groups excluding carboxylic acids is 2. The highest BCUT2D eigenvalue weighted by atomic mass is 16.6. The number of hydrogen-bond acceptors (Lipinski definition) is 6. The number of nitrogens with zero attached hydrogens (tertiary/aromatic N) is 1. The Balaban J connectivity index is 2.04. The highest BCUT2D eigenvalue weighted by Gasteiger charge is 2.44. The number of Topliss-reactive ketones (excluding diaryl/α,β-unsaturated/α-hetero) is 1. The van der Waals surface area contributed by atoms with E-state index in [0.29, 0.717) is 36.7 Å². The van der Waals surface area contributed by atoms with E-state index in [1.54, 1.807) is 0 Å². The first-order valence-electron chi connectivity index (χ1n) is 10.7. The minimum absolute atomic E-state index is 0.0309. The zero-order valence-corrected chi connectivity index (χ0v) is 18.3. The number of rotatable bonds is 8.